The number of carboxylic acids is 4. The van der Waals surface area contributed by atoms with Crippen LogP contribution in [0, 0.1) is 6.29 Å². The highest BCUT2D eigenvalue weighted by molar-refractivity contribution is 6.27. The molecule has 33 heavy (non-hydrogen) atoms. The molecule has 2 rings (SSSR count). The minimum atomic E-state index is -2.07. The van der Waals surface area contributed by atoms with E-state index in [-0.39, 0.29) is 11.6 Å². The molecular weight excluding hydrogens is 456 g/mol. The first kappa shape index (κ1) is 36.2. The predicted molar refractivity (Wildman–Crippen MR) is 102 cm³/mol. The zero-order valence-electron chi connectivity index (χ0n) is 18.0. The zero-order chi connectivity index (χ0) is 26.0. The molecule has 17 nitrogen and oxygen atoms in total. The summed E-state index contributed by atoms with van der Waals surface area (Å²) in [7, 11) is 7.66. The van der Waals surface area contributed by atoms with Crippen LogP contribution >= 0.6 is 0 Å². The van der Waals surface area contributed by atoms with Crippen molar-refractivity contribution in [2.24, 2.45) is 0 Å². The second-order valence-electron chi connectivity index (χ2n) is 5.60. The first-order chi connectivity index (χ1) is 14.6. The Hall–Kier alpha value is -4.18. The van der Waals surface area contributed by atoms with Gasteiger partial charge in [-0.1, -0.05) is 0 Å². The Bertz CT molecular complexity index is 635. The molecule has 0 spiro atoms. The summed E-state index contributed by atoms with van der Waals surface area (Å²) in [5.41, 5.74) is 0. The Labute approximate surface area is 187 Å². The van der Waals surface area contributed by atoms with Crippen molar-refractivity contribution < 1.29 is 64.9 Å². The average molecular weight is 482 g/mol. The molecule has 2 aliphatic rings. The molecule has 0 saturated carbocycles. The van der Waals surface area contributed by atoms with Gasteiger partial charge in [0.2, 0.25) is 0 Å². The van der Waals surface area contributed by atoms with Crippen molar-refractivity contribution in [2.45, 2.75) is 6.17 Å². The van der Waals surface area contributed by atoms with Gasteiger partial charge in [-0.15, -0.1) is 0 Å². The molecule has 0 aromatic rings. The van der Waals surface area contributed by atoms with E-state index in [0.717, 1.165) is 6.67 Å². The highest BCUT2D eigenvalue weighted by Crippen LogP contribution is 2.16. The molecule has 2 heterocycles. The van der Waals surface area contributed by atoms with Crippen LogP contribution in [0.1, 0.15) is 0 Å². The van der Waals surface area contributed by atoms with Gasteiger partial charge in [0.25, 0.3) is 0 Å². The van der Waals surface area contributed by atoms with Crippen molar-refractivity contribution in [3.8, 4) is 0 Å². The van der Waals surface area contributed by atoms with E-state index in [1.165, 1.54) is 0 Å². The van der Waals surface area contributed by atoms with Crippen LogP contribution in [-0.4, -0.2) is 122 Å². The maximum atomic E-state index is 9.10. The van der Waals surface area contributed by atoms with Gasteiger partial charge in [0.15, 0.2) is 5.97 Å². The van der Waals surface area contributed by atoms with E-state index in [1.54, 1.807) is 36.3 Å². The number of aliphatic hydroxyl groups is 2. The van der Waals surface area contributed by atoms with Gasteiger partial charge in [-0.2, -0.15) is 9.59 Å². The Morgan fingerprint density at radius 1 is 0.818 bits per heavy atom. The van der Waals surface area contributed by atoms with E-state index in [9.17, 15) is 0 Å². The third-order valence-electron chi connectivity index (χ3n) is 2.92. The highest BCUT2D eigenvalue weighted by Gasteiger charge is 2.16. The number of rotatable bonds is 1. The molecule has 0 aromatic heterocycles. The number of aliphatic carboxylic acids is 4. The number of likely N-dealkylation sites (N-methyl/N-ethyl adjacent to an activating group) is 2. The maximum absolute atomic E-state index is 9.10. The van der Waals surface area contributed by atoms with E-state index in [0.29, 0.717) is 0 Å². The summed E-state index contributed by atoms with van der Waals surface area (Å²) in [6.07, 6.45) is 6.92. The molecule has 0 saturated heterocycles. The van der Waals surface area contributed by atoms with Crippen LogP contribution in [0.5, 0.6) is 0 Å². The molecule has 2 aliphatic heterocycles. The molecule has 0 atom stereocenters. The lowest BCUT2D eigenvalue weighted by Crippen LogP contribution is -2.39. The minimum Gasteiger partial charge on any atom is -0.539 e. The molecule has 7 N–H and O–H groups in total. The Morgan fingerprint density at radius 3 is 1.18 bits per heavy atom. The van der Waals surface area contributed by atoms with Crippen LogP contribution in [0.3, 0.4) is 0 Å². The summed E-state index contributed by atoms with van der Waals surface area (Å²) >= 11 is 0. The minimum absolute atomic E-state index is 0. The lowest BCUT2D eigenvalue weighted by atomic mass is 10.4. The molecule has 0 aliphatic carbocycles. The second kappa shape index (κ2) is 19.8. The van der Waals surface area contributed by atoms with Crippen molar-refractivity contribution in [1.82, 2.24) is 19.6 Å². The lowest BCUT2D eigenvalue weighted by molar-refractivity contribution is -0.303. The van der Waals surface area contributed by atoms with Crippen molar-refractivity contribution in [1.29, 1.82) is 0 Å². The van der Waals surface area contributed by atoms with Gasteiger partial charge in [0.1, 0.15) is 0 Å². The number of hydrogen-bond acceptors (Lipinski definition) is 13. The Balaban J connectivity index is -0.000000165. The Morgan fingerprint density at radius 2 is 1.09 bits per heavy atom. The summed E-state index contributed by atoms with van der Waals surface area (Å²) in [6, 6.07) is 0. The summed E-state index contributed by atoms with van der Waals surface area (Å²) in [5.74, 6) is -7.66. The average Bonchev–Trinajstić information content (AvgIpc) is 3.20. The number of carboxylic acid groups (broad SMARTS) is 4. The molecule has 17 heteroatoms. The first-order valence-corrected chi connectivity index (χ1v) is 7.97. The maximum Gasteiger partial charge on any atom is 0.414 e. The van der Waals surface area contributed by atoms with Crippen LogP contribution in [0.15, 0.2) is 24.8 Å². The topological polar surface area (TPSA) is 271 Å². The molecule has 0 fully saturated rings. The van der Waals surface area contributed by atoms with Gasteiger partial charge >= 0.3 is 24.1 Å². The number of carbonyl (C=O) groups is 4. The van der Waals surface area contributed by atoms with Crippen molar-refractivity contribution in [3.63, 3.8) is 0 Å². The van der Waals surface area contributed by atoms with E-state index < -0.39 is 36.3 Å². The van der Waals surface area contributed by atoms with Crippen LogP contribution in [0.4, 0.5) is 0 Å². The summed E-state index contributed by atoms with van der Waals surface area (Å²) in [4.78, 5) is 60.1. The van der Waals surface area contributed by atoms with Gasteiger partial charge in [-0.3, -0.25) is 0 Å². The summed E-state index contributed by atoms with van der Waals surface area (Å²) in [5, 5.41) is 48.6. The number of carbonyl (C=O) groups excluding carboxylic acids is 3. The molecule has 0 unspecified atom stereocenters. The Kier molecular flexibility index (Phi) is 21.7. The van der Waals surface area contributed by atoms with E-state index in [4.69, 9.17) is 59.4 Å². The SMILES string of the molecule is CN1C=CN(C)C1.CN1C=CN(C)C1[C-](O)O.O.O=C(O)C(=O)O.O=C([O-])C(=O)O.O=C=O. The lowest BCUT2D eigenvalue weighted by Gasteiger charge is -2.38. The van der Waals surface area contributed by atoms with Crippen LogP contribution in [-0.2, 0) is 28.8 Å². The van der Waals surface area contributed by atoms with Crippen molar-refractivity contribution >= 4 is 30.0 Å². The normalized spacial score (nSPS) is 12.9. The summed E-state index contributed by atoms with van der Waals surface area (Å²) in [6.45, 7) is 1.03. The number of aliphatic hydroxyl groups excluding tert-OH is 1. The fourth-order valence-corrected chi connectivity index (χ4v) is 1.70. The van der Waals surface area contributed by atoms with Crippen LogP contribution in [0.25, 0.3) is 0 Å². The third-order valence-corrected chi connectivity index (χ3v) is 2.92. The van der Waals surface area contributed by atoms with Crippen LogP contribution < -0.4 is 5.11 Å². The number of nitrogens with zero attached hydrogens (tertiary/aromatic N) is 4. The zero-order valence-corrected chi connectivity index (χ0v) is 18.0. The largest absolute Gasteiger partial charge is 0.539 e. The van der Waals surface area contributed by atoms with Gasteiger partial charge in [0.05, 0.1) is 6.67 Å². The fourth-order valence-electron chi connectivity index (χ4n) is 1.70. The van der Waals surface area contributed by atoms with Gasteiger partial charge < -0.3 is 60.5 Å². The number of hydrogen-bond donors (Lipinski definition) is 5. The molecule has 0 aromatic carbocycles. The van der Waals surface area contributed by atoms with Gasteiger partial charge in [-0.05, 0) is 6.29 Å². The highest BCUT2D eigenvalue weighted by atomic mass is 16.5. The second-order valence-corrected chi connectivity index (χ2v) is 5.60. The molecule has 0 bridgehead atoms. The van der Waals surface area contributed by atoms with Crippen molar-refractivity contribution in [3.05, 3.63) is 31.1 Å². The molecule has 0 amide bonds. The molecule has 190 valence electrons. The fraction of sp³-hybridized carbons (Fsp3) is 0.375. The molecule has 0 radical (unpaired) electrons. The third kappa shape index (κ3) is 20.9. The quantitative estimate of drug-likeness (QED) is 0.175. The smallest absolute Gasteiger partial charge is 0.414 e. The monoisotopic (exact) mass is 482 g/mol. The van der Waals surface area contributed by atoms with Gasteiger partial charge in [-0.25, -0.2) is 14.4 Å². The van der Waals surface area contributed by atoms with Crippen LogP contribution in [0.2, 0.25) is 0 Å². The standard InChI is InChI=1S/C6H11N2O2.C5H10N2.2C2H2O4.CO2.H2O/c1-7-3-4-8(2)5(7)6(9)10;1-6-3-4-7(2)5-6;2*3-1(4)2(5)6;2-1-3;/h3-5,9-10H,1-2H3;3-4H,5H2,1-2H3;2*(H,3,4)(H,5,6);;1H2/q-1;;;;;/p-1. The van der Waals surface area contributed by atoms with E-state index in [1.807, 2.05) is 0 Å². The summed E-state index contributed by atoms with van der Waals surface area (Å²) < 4.78 is 0. The van der Waals surface area contributed by atoms with Crippen molar-refractivity contribution in [2.75, 3.05) is 34.9 Å². The van der Waals surface area contributed by atoms with Gasteiger partial charge in [0, 0.05) is 59.2 Å². The predicted octanol–water partition coefficient (Wildman–Crippen LogP) is -4.24. The molecular formula is C16H26N4O13-2. The van der Waals surface area contributed by atoms with E-state index >= 15 is 0 Å². The first-order valence-electron chi connectivity index (χ1n) is 7.97. The van der Waals surface area contributed by atoms with E-state index in [2.05, 4.69) is 36.3 Å².